The fourth-order valence-electron chi connectivity index (χ4n) is 3.11. The molecule has 154 valence electrons. The van der Waals surface area contributed by atoms with Crippen molar-refractivity contribution in [3.05, 3.63) is 71.0 Å². The number of ether oxygens (including phenoxy) is 1. The van der Waals surface area contributed by atoms with E-state index in [1.807, 2.05) is 0 Å². The second kappa shape index (κ2) is 8.22. The third-order valence-corrected chi connectivity index (χ3v) is 4.66. The molecule has 1 saturated heterocycles. The maximum atomic E-state index is 14.1. The van der Waals surface area contributed by atoms with Gasteiger partial charge in [-0.2, -0.15) is 0 Å². The van der Waals surface area contributed by atoms with Crippen LogP contribution in [0.3, 0.4) is 0 Å². The summed E-state index contributed by atoms with van der Waals surface area (Å²) in [6, 6.07) is 7.72. The molecule has 3 rings (SSSR count). The lowest BCUT2D eigenvalue weighted by atomic mass is 9.91. The third kappa shape index (κ3) is 4.25. The molecule has 1 fully saturated rings. The van der Waals surface area contributed by atoms with E-state index in [1.165, 1.54) is 25.1 Å². The third-order valence-electron chi connectivity index (χ3n) is 4.66. The van der Waals surface area contributed by atoms with Crippen LogP contribution < -0.4 is 5.32 Å². The fraction of sp³-hybridized carbons (Fsp3) is 0.300. The molecule has 29 heavy (non-hydrogen) atoms. The molecule has 9 heteroatoms. The van der Waals surface area contributed by atoms with Gasteiger partial charge in [-0.05, 0) is 31.2 Å². The zero-order chi connectivity index (χ0) is 21.2. The van der Waals surface area contributed by atoms with Crippen LogP contribution in [0.25, 0.3) is 0 Å². The van der Waals surface area contributed by atoms with Gasteiger partial charge in [-0.15, -0.1) is 0 Å². The molecule has 0 saturated carbocycles. The van der Waals surface area contributed by atoms with Gasteiger partial charge in [0.2, 0.25) is 0 Å². The second-order valence-electron chi connectivity index (χ2n) is 6.86. The van der Waals surface area contributed by atoms with E-state index in [0.29, 0.717) is 10.5 Å². The van der Waals surface area contributed by atoms with Crippen LogP contribution >= 0.6 is 0 Å². The number of imide groups is 1. The Kier molecular flexibility index (Phi) is 5.90. The van der Waals surface area contributed by atoms with Crippen LogP contribution in [0.4, 0.5) is 18.0 Å². The van der Waals surface area contributed by atoms with Crippen molar-refractivity contribution in [1.29, 1.82) is 0 Å². The van der Waals surface area contributed by atoms with Gasteiger partial charge in [0.05, 0.1) is 25.9 Å². The van der Waals surface area contributed by atoms with Crippen LogP contribution in [0.2, 0.25) is 0 Å². The summed E-state index contributed by atoms with van der Waals surface area (Å²) in [5.41, 5.74) is -1.83. The molecule has 1 heterocycles. The first kappa shape index (κ1) is 20.8. The Hall–Kier alpha value is -2.91. The normalized spacial score (nSPS) is 20.1. The van der Waals surface area contributed by atoms with Crippen molar-refractivity contribution in [2.75, 3.05) is 13.2 Å². The van der Waals surface area contributed by atoms with Gasteiger partial charge in [-0.1, -0.05) is 18.2 Å². The van der Waals surface area contributed by atoms with Gasteiger partial charge in [0.1, 0.15) is 23.0 Å². The number of carbonyl (C=O) groups is 2. The molecule has 0 unspecified atom stereocenters. The van der Waals surface area contributed by atoms with Gasteiger partial charge in [0.25, 0.3) is 5.91 Å². The number of halogens is 3. The molecule has 0 bridgehead atoms. The van der Waals surface area contributed by atoms with Crippen LogP contribution in [0.15, 0.2) is 42.5 Å². The Balaban J connectivity index is 1.64. The minimum Gasteiger partial charge on any atom is -0.389 e. The standard InChI is InChI=1S/C20H19F3N2O4/c1-20(15-8-13(21)6-7-17(15)23)18(27)25(19(28)24-20)9-14(26)11-29-10-12-4-2-3-5-16(12)22/h2-8,14,26H,9-11H2,1H3,(H,24,28)/t14-,20+/m0/s1. The number of aliphatic hydroxyl groups is 1. The number of carbonyl (C=O) groups excluding carboxylic acids is 2. The lowest BCUT2D eigenvalue weighted by molar-refractivity contribution is -0.132. The van der Waals surface area contributed by atoms with E-state index < -0.39 is 47.6 Å². The number of urea groups is 1. The molecule has 0 spiro atoms. The van der Waals surface area contributed by atoms with Gasteiger partial charge in [0, 0.05) is 11.1 Å². The number of aliphatic hydroxyl groups excluding tert-OH is 1. The van der Waals surface area contributed by atoms with Crippen LogP contribution in [-0.2, 0) is 21.7 Å². The smallest absolute Gasteiger partial charge is 0.325 e. The number of β-amino-alcohol motifs (C(OH)–C–C–N with tert-alkyl or cyclic N) is 1. The van der Waals surface area contributed by atoms with Crippen molar-refractivity contribution in [1.82, 2.24) is 10.2 Å². The Labute approximate surface area is 164 Å². The van der Waals surface area contributed by atoms with Gasteiger partial charge in [-0.3, -0.25) is 9.69 Å². The average molecular weight is 408 g/mol. The average Bonchev–Trinajstić information content (AvgIpc) is 2.89. The lowest BCUT2D eigenvalue weighted by Gasteiger charge is -2.23. The van der Waals surface area contributed by atoms with Crippen LogP contribution in [-0.4, -0.2) is 41.2 Å². The molecule has 6 nitrogen and oxygen atoms in total. The summed E-state index contributed by atoms with van der Waals surface area (Å²) in [5.74, 6) is -2.90. The quantitative estimate of drug-likeness (QED) is 0.690. The highest BCUT2D eigenvalue weighted by atomic mass is 19.1. The van der Waals surface area contributed by atoms with Crippen LogP contribution in [0.5, 0.6) is 0 Å². The molecule has 2 N–H and O–H groups in total. The van der Waals surface area contributed by atoms with Crippen molar-refractivity contribution < 1.29 is 32.6 Å². The number of benzene rings is 2. The minimum absolute atomic E-state index is 0.101. The fourth-order valence-corrected chi connectivity index (χ4v) is 3.11. The minimum atomic E-state index is -1.81. The zero-order valence-electron chi connectivity index (χ0n) is 15.5. The first-order valence-corrected chi connectivity index (χ1v) is 8.81. The molecule has 2 atom stereocenters. The first-order chi connectivity index (χ1) is 13.7. The first-order valence-electron chi connectivity index (χ1n) is 8.81. The molecular weight excluding hydrogens is 389 g/mol. The molecule has 2 aromatic rings. The number of hydrogen-bond acceptors (Lipinski definition) is 4. The predicted molar refractivity (Wildman–Crippen MR) is 96.0 cm³/mol. The van der Waals surface area contributed by atoms with E-state index in [1.54, 1.807) is 6.07 Å². The molecule has 2 aromatic carbocycles. The highest BCUT2D eigenvalue weighted by Gasteiger charge is 2.50. The van der Waals surface area contributed by atoms with E-state index in [0.717, 1.165) is 18.2 Å². The number of hydrogen-bond donors (Lipinski definition) is 2. The highest BCUT2D eigenvalue weighted by Crippen LogP contribution is 2.31. The molecule has 0 radical (unpaired) electrons. The van der Waals surface area contributed by atoms with E-state index in [2.05, 4.69) is 5.32 Å². The Morgan fingerprint density at radius 3 is 2.59 bits per heavy atom. The van der Waals surface area contributed by atoms with E-state index in [-0.39, 0.29) is 18.8 Å². The highest BCUT2D eigenvalue weighted by molar-refractivity contribution is 6.07. The van der Waals surface area contributed by atoms with Crippen molar-refractivity contribution in [2.45, 2.75) is 25.2 Å². The summed E-state index contributed by atoms with van der Waals surface area (Å²) in [5, 5.41) is 12.4. The van der Waals surface area contributed by atoms with Crippen LogP contribution in [0.1, 0.15) is 18.1 Å². The Morgan fingerprint density at radius 1 is 1.14 bits per heavy atom. The molecule has 1 aliphatic heterocycles. The number of nitrogens with one attached hydrogen (secondary N) is 1. The monoisotopic (exact) mass is 408 g/mol. The maximum Gasteiger partial charge on any atom is 0.325 e. The molecular formula is C20H19F3N2O4. The summed E-state index contributed by atoms with van der Waals surface area (Å²) in [6.07, 6.45) is -1.25. The van der Waals surface area contributed by atoms with Gasteiger partial charge in [0.15, 0.2) is 0 Å². The maximum absolute atomic E-state index is 14.1. The van der Waals surface area contributed by atoms with Gasteiger partial charge >= 0.3 is 6.03 Å². The largest absolute Gasteiger partial charge is 0.389 e. The topological polar surface area (TPSA) is 78.9 Å². The van der Waals surface area contributed by atoms with Gasteiger partial charge in [-0.25, -0.2) is 18.0 Å². The molecule has 0 aliphatic carbocycles. The lowest BCUT2D eigenvalue weighted by Crippen LogP contribution is -2.43. The SMILES string of the molecule is C[C@]1(c2cc(F)ccc2F)NC(=O)N(C[C@H](O)COCc2ccccc2F)C1=O. The molecule has 0 aromatic heterocycles. The van der Waals surface area contributed by atoms with Gasteiger partial charge < -0.3 is 15.2 Å². The van der Waals surface area contributed by atoms with Crippen LogP contribution in [0, 0.1) is 17.5 Å². The van der Waals surface area contributed by atoms with Crippen molar-refractivity contribution in [3.8, 4) is 0 Å². The van der Waals surface area contributed by atoms with E-state index in [4.69, 9.17) is 4.74 Å². The van der Waals surface area contributed by atoms with E-state index in [9.17, 15) is 27.9 Å². The van der Waals surface area contributed by atoms with Crippen molar-refractivity contribution >= 4 is 11.9 Å². The summed E-state index contributed by atoms with van der Waals surface area (Å²) in [6.45, 7) is 0.465. The zero-order valence-corrected chi connectivity index (χ0v) is 15.5. The summed E-state index contributed by atoms with van der Waals surface area (Å²) in [7, 11) is 0. The number of amides is 3. The van der Waals surface area contributed by atoms with Crippen molar-refractivity contribution in [3.63, 3.8) is 0 Å². The summed E-state index contributed by atoms with van der Waals surface area (Å²) in [4.78, 5) is 25.7. The second-order valence-corrected chi connectivity index (χ2v) is 6.86. The predicted octanol–water partition coefficient (Wildman–Crippen LogP) is 2.45. The Bertz CT molecular complexity index is 940. The number of nitrogens with zero attached hydrogens (tertiary/aromatic N) is 1. The molecule has 3 amide bonds. The van der Waals surface area contributed by atoms with E-state index >= 15 is 0 Å². The molecule has 1 aliphatic rings. The Morgan fingerprint density at radius 2 is 1.86 bits per heavy atom. The number of rotatable bonds is 7. The summed E-state index contributed by atoms with van der Waals surface area (Å²) >= 11 is 0. The van der Waals surface area contributed by atoms with Crippen molar-refractivity contribution in [2.24, 2.45) is 0 Å². The summed E-state index contributed by atoms with van der Waals surface area (Å²) < 4.78 is 46.4.